The predicted octanol–water partition coefficient (Wildman–Crippen LogP) is 4.30. The average molecular weight is 290 g/mol. The zero-order valence-corrected chi connectivity index (χ0v) is 13.5. The van der Waals surface area contributed by atoms with Gasteiger partial charge in [0.1, 0.15) is 5.76 Å². The molecule has 1 heterocycles. The van der Waals surface area contributed by atoms with E-state index in [1.54, 1.807) is 12.1 Å². The van der Waals surface area contributed by atoms with Gasteiger partial charge >= 0.3 is 5.91 Å². The summed E-state index contributed by atoms with van der Waals surface area (Å²) in [5.41, 5.74) is 4.10. The molecule has 1 aromatic rings. The molecule has 2 rings (SSSR count). The molecule has 0 spiro atoms. The Morgan fingerprint density at radius 1 is 1.38 bits per heavy atom. The summed E-state index contributed by atoms with van der Waals surface area (Å²) in [5, 5.41) is 4.27. The number of hydrazone groups is 1. The van der Waals surface area contributed by atoms with Crippen molar-refractivity contribution in [3.8, 4) is 0 Å². The molecule has 4 nitrogen and oxygen atoms in total. The molecule has 0 unspecified atom stereocenters. The van der Waals surface area contributed by atoms with E-state index in [2.05, 4.69) is 31.3 Å². The number of aryl methyl sites for hydroxylation is 1. The first-order chi connectivity index (χ1) is 9.92. The second kappa shape index (κ2) is 6.46. The Balaban J connectivity index is 1.86. The van der Waals surface area contributed by atoms with Gasteiger partial charge in [-0.05, 0) is 56.1 Å². The van der Waals surface area contributed by atoms with E-state index in [0.29, 0.717) is 11.2 Å². The number of amides is 1. The highest BCUT2D eigenvalue weighted by Crippen LogP contribution is 2.39. The van der Waals surface area contributed by atoms with Crippen LogP contribution in [-0.2, 0) is 0 Å². The molecule has 0 radical (unpaired) electrons. The van der Waals surface area contributed by atoms with Crippen molar-refractivity contribution in [1.29, 1.82) is 0 Å². The number of furan rings is 1. The summed E-state index contributed by atoms with van der Waals surface area (Å²) in [6.45, 7) is 8.77. The van der Waals surface area contributed by atoms with Gasteiger partial charge in [-0.2, -0.15) is 5.10 Å². The van der Waals surface area contributed by atoms with Crippen molar-refractivity contribution in [1.82, 2.24) is 5.43 Å². The Kier molecular flexibility index (Phi) is 4.86. The molecule has 1 saturated carbocycles. The molecule has 0 atom stereocenters. The van der Waals surface area contributed by atoms with Crippen molar-refractivity contribution in [2.24, 2.45) is 16.4 Å². The van der Waals surface area contributed by atoms with Crippen LogP contribution in [0.4, 0.5) is 0 Å². The van der Waals surface area contributed by atoms with Gasteiger partial charge in [-0.1, -0.05) is 27.2 Å². The van der Waals surface area contributed by atoms with Crippen LogP contribution in [0.2, 0.25) is 0 Å². The Labute approximate surface area is 127 Å². The highest BCUT2D eigenvalue weighted by Gasteiger charge is 2.30. The molecule has 0 bridgehead atoms. The summed E-state index contributed by atoms with van der Waals surface area (Å²) in [5.74, 6) is 1.53. The fourth-order valence-corrected chi connectivity index (χ4v) is 2.87. The van der Waals surface area contributed by atoms with Gasteiger partial charge in [0.15, 0.2) is 5.76 Å². The minimum atomic E-state index is -0.272. The molecule has 0 saturated heterocycles. The lowest BCUT2D eigenvalue weighted by molar-refractivity contribution is 0.0925. The minimum absolute atomic E-state index is 0.272. The number of carbonyl (C=O) groups excluding carboxylic acids is 1. The van der Waals surface area contributed by atoms with Gasteiger partial charge in [0.2, 0.25) is 0 Å². The molecule has 116 valence electrons. The van der Waals surface area contributed by atoms with Crippen LogP contribution < -0.4 is 5.43 Å². The van der Waals surface area contributed by atoms with Gasteiger partial charge in [-0.15, -0.1) is 0 Å². The number of nitrogens with zero attached hydrogens (tertiary/aromatic N) is 1. The summed E-state index contributed by atoms with van der Waals surface area (Å²) in [6.07, 6.45) is 5.49. The lowest BCUT2D eigenvalue weighted by atomic mass is 9.69. The maximum absolute atomic E-state index is 11.9. The maximum Gasteiger partial charge on any atom is 0.307 e. The van der Waals surface area contributed by atoms with Gasteiger partial charge in [0, 0.05) is 5.71 Å². The fraction of sp³-hybridized carbons (Fsp3) is 0.647. The standard InChI is InChI=1S/C17H26N2O2/c1-5-17(3,4)13-7-9-14(10-8-13)18-19-16(20)15-11-6-12(2)21-15/h6,11,13H,5,7-10H2,1-4H3,(H,19,20). The maximum atomic E-state index is 11.9. The van der Waals surface area contributed by atoms with E-state index in [1.807, 2.05) is 6.92 Å². The fourth-order valence-electron chi connectivity index (χ4n) is 2.87. The molecule has 21 heavy (non-hydrogen) atoms. The third-order valence-corrected chi connectivity index (χ3v) is 4.86. The van der Waals surface area contributed by atoms with Gasteiger partial charge in [0.25, 0.3) is 0 Å². The Bertz CT molecular complexity index is 519. The monoisotopic (exact) mass is 290 g/mol. The Morgan fingerprint density at radius 3 is 2.57 bits per heavy atom. The van der Waals surface area contributed by atoms with Crippen molar-refractivity contribution < 1.29 is 9.21 Å². The van der Waals surface area contributed by atoms with Crippen molar-refractivity contribution in [3.63, 3.8) is 0 Å². The molecule has 0 aliphatic heterocycles. The van der Waals surface area contributed by atoms with Crippen LogP contribution in [0.25, 0.3) is 0 Å². The molecule has 1 N–H and O–H groups in total. The molecule has 1 aliphatic carbocycles. The highest BCUT2D eigenvalue weighted by molar-refractivity contribution is 5.93. The Hall–Kier alpha value is -1.58. The van der Waals surface area contributed by atoms with Gasteiger partial charge in [-0.25, -0.2) is 5.43 Å². The highest BCUT2D eigenvalue weighted by atomic mass is 16.3. The van der Waals surface area contributed by atoms with Crippen molar-refractivity contribution in [2.45, 2.75) is 59.8 Å². The first kappa shape index (κ1) is 15.8. The molecular formula is C17H26N2O2. The average Bonchev–Trinajstić information content (AvgIpc) is 2.92. The second-order valence-corrected chi connectivity index (χ2v) is 6.65. The molecule has 1 aromatic heterocycles. The summed E-state index contributed by atoms with van der Waals surface area (Å²) >= 11 is 0. The van der Waals surface area contributed by atoms with E-state index >= 15 is 0 Å². The summed E-state index contributed by atoms with van der Waals surface area (Å²) in [4.78, 5) is 11.9. The van der Waals surface area contributed by atoms with Crippen molar-refractivity contribution in [3.05, 3.63) is 23.7 Å². The first-order valence-electron chi connectivity index (χ1n) is 7.84. The summed E-state index contributed by atoms with van der Waals surface area (Å²) in [6, 6.07) is 3.45. The third-order valence-electron chi connectivity index (χ3n) is 4.86. The molecule has 1 amide bonds. The molecule has 1 fully saturated rings. The van der Waals surface area contributed by atoms with E-state index in [0.717, 1.165) is 43.1 Å². The van der Waals surface area contributed by atoms with Gasteiger partial charge in [0.05, 0.1) is 0 Å². The van der Waals surface area contributed by atoms with Crippen LogP contribution in [0.15, 0.2) is 21.7 Å². The first-order valence-corrected chi connectivity index (χ1v) is 7.84. The zero-order chi connectivity index (χ0) is 15.5. The van der Waals surface area contributed by atoms with Gasteiger partial charge in [-0.3, -0.25) is 4.79 Å². The van der Waals surface area contributed by atoms with Crippen LogP contribution in [0.3, 0.4) is 0 Å². The normalized spacial score (nSPS) is 19.4. The SMILES string of the molecule is CCC(C)(C)C1CCC(=NNC(=O)c2ccc(C)o2)CC1. The third kappa shape index (κ3) is 3.96. The van der Waals surface area contributed by atoms with E-state index < -0.39 is 0 Å². The van der Waals surface area contributed by atoms with Crippen LogP contribution in [0, 0.1) is 18.3 Å². The Morgan fingerprint density at radius 2 is 2.05 bits per heavy atom. The minimum Gasteiger partial charge on any atom is -0.456 e. The van der Waals surface area contributed by atoms with Crippen LogP contribution in [0.1, 0.15) is 69.2 Å². The van der Waals surface area contributed by atoms with Crippen LogP contribution >= 0.6 is 0 Å². The number of hydrogen-bond acceptors (Lipinski definition) is 3. The number of rotatable bonds is 4. The topological polar surface area (TPSA) is 54.6 Å². The van der Waals surface area contributed by atoms with E-state index in [-0.39, 0.29) is 5.91 Å². The number of carbonyl (C=O) groups is 1. The molecule has 0 aromatic carbocycles. The van der Waals surface area contributed by atoms with Crippen LogP contribution in [-0.4, -0.2) is 11.6 Å². The predicted molar refractivity (Wildman–Crippen MR) is 84.4 cm³/mol. The van der Waals surface area contributed by atoms with Crippen molar-refractivity contribution in [2.75, 3.05) is 0 Å². The van der Waals surface area contributed by atoms with Crippen molar-refractivity contribution >= 4 is 11.6 Å². The summed E-state index contributed by atoms with van der Waals surface area (Å²) < 4.78 is 5.28. The zero-order valence-electron chi connectivity index (χ0n) is 13.5. The quantitative estimate of drug-likeness (QED) is 0.840. The van der Waals surface area contributed by atoms with E-state index in [9.17, 15) is 4.79 Å². The second-order valence-electron chi connectivity index (χ2n) is 6.65. The van der Waals surface area contributed by atoms with E-state index in [1.165, 1.54) is 6.42 Å². The smallest absolute Gasteiger partial charge is 0.307 e. The molecule has 4 heteroatoms. The number of hydrogen-bond donors (Lipinski definition) is 1. The lowest BCUT2D eigenvalue weighted by Gasteiger charge is -2.36. The lowest BCUT2D eigenvalue weighted by Crippen LogP contribution is -2.29. The molecule has 1 aliphatic rings. The summed E-state index contributed by atoms with van der Waals surface area (Å²) in [7, 11) is 0. The van der Waals surface area contributed by atoms with Crippen LogP contribution in [0.5, 0.6) is 0 Å². The number of nitrogens with one attached hydrogen (secondary N) is 1. The molecular weight excluding hydrogens is 264 g/mol. The van der Waals surface area contributed by atoms with E-state index in [4.69, 9.17) is 4.42 Å². The van der Waals surface area contributed by atoms with Gasteiger partial charge < -0.3 is 4.42 Å². The largest absolute Gasteiger partial charge is 0.456 e.